The standard InChI is InChI=1S/C21H21NO2/c1-14-11-12-15(2)20(13-14)24-16(3)21(23)22-19-10-6-8-17-7-4-5-9-18(17)19/h4-13,16H,1-3H3,(H,22,23). The van der Waals surface area contributed by atoms with Crippen LogP contribution in [-0.4, -0.2) is 12.0 Å². The summed E-state index contributed by atoms with van der Waals surface area (Å²) in [5.74, 6) is 0.586. The van der Waals surface area contributed by atoms with Crippen LogP contribution in [0.25, 0.3) is 10.8 Å². The van der Waals surface area contributed by atoms with Crippen LogP contribution in [0.15, 0.2) is 60.7 Å². The zero-order valence-electron chi connectivity index (χ0n) is 14.2. The Morgan fingerprint density at radius 2 is 1.75 bits per heavy atom. The van der Waals surface area contributed by atoms with Crippen molar-refractivity contribution in [1.29, 1.82) is 0 Å². The third-order valence-electron chi connectivity index (χ3n) is 4.06. The molecule has 3 aromatic rings. The number of fused-ring (bicyclic) bond motifs is 1. The first-order valence-electron chi connectivity index (χ1n) is 8.07. The van der Waals surface area contributed by atoms with Crippen LogP contribution in [-0.2, 0) is 4.79 Å². The predicted octanol–water partition coefficient (Wildman–Crippen LogP) is 4.86. The van der Waals surface area contributed by atoms with Gasteiger partial charge in [0, 0.05) is 11.1 Å². The first-order chi connectivity index (χ1) is 11.5. The molecule has 24 heavy (non-hydrogen) atoms. The largest absolute Gasteiger partial charge is 0.481 e. The number of carbonyl (C=O) groups excluding carboxylic acids is 1. The summed E-state index contributed by atoms with van der Waals surface area (Å²) in [5.41, 5.74) is 2.93. The molecule has 0 aliphatic heterocycles. The molecular weight excluding hydrogens is 298 g/mol. The average molecular weight is 319 g/mol. The number of benzene rings is 3. The molecule has 3 rings (SSSR count). The van der Waals surface area contributed by atoms with Gasteiger partial charge in [0.1, 0.15) is 5.75 Å². The highest BCUT2D eigenvalue weighted by Gasteiger charge is 2.16. The highest BCUT2D eigenvalue weighted by molar-refractivity contribution is 6.03. The van der Waals surface area contributed by atoms with Gasteiger partial charge in [0.05, 0.1) is 0 Å². The van der Waals surface area contributed by atoms with E-state index in [-0.39, 0.29) is 5.91 Å². The number of hydrogen-bond donors (Lipinski definition) is 1. The fourth-order valence-electron chi connectivity index (χ4n) is 2.65. The van der Waals surface area contributed by atoms with Gasteiger partial charge in [-0.15, -0.1) is 0 Å². The van der Waals surface area contributed by atoms with Crippen molar-refractivity contribution >= 4 is 22.4 Å². The van der Waals surface area contributed by atoms with Crippen LogP contribution in [0, 0.1) is 13.8 Å². The second-order valence-corrected chi connectivity index (χ2v) is 6.04. The summed E-state index contributed by atoms with van der Waals surface area (Å²) in [5, 5.41) is 5.09. The number of carbonyl (C=O) groups is 1. The van der Waals surface area contributed by atoms with Crippen molar-refractivity contribution < 1.29 is 9.53 Å². The molecule has 0 fully saturated rings. The van der Waals surface area contributed by atoms with E-state index in [0.29, 0.717) is 0 Å². The van der Waals surface area contributed by atoms with Crippen molar-refractivity contribution in [1.82, 2.24) is 0 Å². The van der Waals surface area contributed by atoms with Gasteiger partial charge in [0.25, 0.3) is 5.91 Å². The molecule has 3 aromatic carbocycles. The van der Waals surface area contributed by atoms with E-state index < -0.39 is 6.10 Å². The van der Waals surface area contributed by atoms with Crippen molar-refractivity contribution in [2.75, 3.05) is 5.32 Å². The Morgan fingerprint density at radius 3 is 2.58 bits per heavy atom. The Kier molecular flexibility index (Phi) is 4.52. The Hall–Kier alpha value is -2.81. The molecule has 1 amide bonds. The van der Waals surface area contributed by atoms with E-state index in [1.54, 1.807) is 6.92 Å². The lowest BCUT2D eigenvalue weighted by molar-refractivity contribution is -0.122. The minimum absolute atomic E-state index is 0.160. The highest BCUT2D eigenvalue weighted by Crippen LogP contribution is 2.24. The summed E-state index contributed by atoms with van der Waals surface area (Å²) in [6.07, 6.45) is -0.579. The minimum Gasteiger partial charge on any atom is -0.481 e. The van der Waals surface area contributed by atoms with Gasteiger partial charge in [-0.2, -0.15) is 0 Å². The third-order valence-corrected chi connectivity index (χ3v) is 4.06. The first-order valence-corrected chi connectivity index (χ1v) is 8.07. The molecular formula is C21H21NO2. The average Bonchev–Trinajstić information content (AvgIpc) is 2.58. The number of anilines is 1. The van der Waals surface area contributed by atoms with E-state index in [9.17, 15) is 4.79 Å². The van der Waals surface area contributed by atoms with Crippen LogP contribution in [0.4, 0.5) is 5.69 Å². The molecule has 0 aliphatic rings. The van der Waals surface area contributed by atoms with Crippen molar-refractivity contribution in [3.05, 3.63) is 71.8 Å². The molecule has 0 saturated heterocycles. The number of amides is 1. The Balaban J connectivity index is 1.77. The van der Waals surface area contributed by atoms with Crippen LogP contribution >= 0.6 is 0 Å². The second kappa shape index (κ2) is 6.75. The molecule has 0 spiro atoms. The summed E-state index contributed by atoms with van der Waals surface area (Å²) in [7, 11) is 0. The van der Waals surface area contributed by atoms with Gasteiger partial charge < -0.3 is 10.1 Å². The van der Waals surface area contributed by atoms with E-state index in [2.05, 4.69) is 5.32 Å². The van der Waals surface area contributed by atoms with Crippen molar-refractivity contribution in [2.24, 2.45) is 0 Å². The fourth-order valence-corrected chi connectivity index (χ4v) is 2.65. The van der Waals surface area contributed by atoms with Crippen LogP contribution in [0.1, 0.15) is 18.1 Å². The molecule has 1 unspecified atom stereocenters. The van der Waals surface area contributed by atoms with Gasteiger partial charge in [0.2, 0.25) is 0 Å². The maximum atomic E-state index is 12.5. The second-order valence-electron chi connectivity index (χ2n) is 6.04. The van der Waals surface area contributed by atoms with Gasteiger partial charge in [-0.05, 0) is 49.4 Å². The lowest BCUT2D eigenvalue weighted by Crippen LogP contribution is -2.30. The molecule has 3 heteroatoms. The van der Waals surface area contributed by atoms with Crippen molar-refractivity contribution in [3.63, 3.8) is 0 Å². The number of nitrogens with one attached hydrogen (secondary N) is 1. The van der Waals surface area contributed by atoms with E-state index in [4.69, 9.17) is 4.74 Å². The lowest BCUT2D eigenvalue weighted by atomic mass is 10.1. The Morgan fingerprint density at radius 1 is 1.00 bits per heavy atom. The van der Waals surface area contributed by atoms with Crippen molar-refractivity contribution in [2.45, 2.75) is 26.9 Å². The van der Waals surface area contributed by atoms with E-state index >= 15 is 0 Å². The summed E-state index contributed by atoms with van der Waals surface area (Å²) in [6, 6.07) is 19.8. The van der Waals surface area contributed by atoms with Crippen LogP contribution in [0.2, 0.25) is 0 Å². The van der Waals surface area contributed by atoms with E-state index in [1.807, 2.05) is 74.5 Å². The maximum Gasteiger partial charge on any atom is 0.265 e. The Bertz CT molecular complexity index is 881. The normalized spacial score (nSPS) is 12.0. The maximum absolute atomic E-state index is 12.5. The summed E-state index contributed by atoms with van der Waals surface area (Å²) in [4.78, 5) is 12.5. The van der Waals surface area contributed by atoms with Gasteiger partial charge in [-0.3, -0.25) is 4.79 Å². The molecule has 0 aliphatic carbocycles. The van der Waals surface area contributed by atoms with Crippen LogP contribution in [0.3, 0.4) is 0 Å². The molecule has 0 heterocycles. The van der Waals surface area contributed by atoms with Crippen molar-refractivity contribution in [3.8, 4) is 5.75 Å². The number of ether oxygens (including phenoxy) is 1. The minimum atomic E-state index is -0.579. The fraction of sp³-hybridized carbons (Fsp3) is 0.190. The number of aryl methyl sites for hydroxylation is 2. The molecule has 0 bridgehead atoms. The van der Waals surface area contributed by atoms with E-state index in [1.165, 1.54) is 0 Å². The van der Waals surface area contributed by atoms with Crippen LogP contribution in [0.5, 0.6) is 5.75 Å². The first kappa shape index (κ1) is 16.1. The van der Waals surface area contributed by atoms with Gasteiger partial charge in [-0.25, -0.2) is 0 Å². The zero-order chi connectivity index (χ0) is 17.1. The monoisotopic (exact) mass is 319 g/mol. The molecule has 122 valence electrons. The smallest absolute Gasteiger partial charge is 0.265 e. The summed E-state index contributed by atoms with van der Waals surface area (Å²) < 4.78 is 5.86. The lowest BCUT2D eigenvalue weighted by Gasteiger charge is -2.17. The number of rotatable bonds is 4. The summed E-state index contributed by atoms with van der Waals surface area (Å²) >= 11 is 0. The van der Waals surface area contributed by atoms with E-state index in [0.717, 1.165) is 33.3 Å². The third kappa shape index (κ3) is 3.40. The molecule has 3 nitrogen and oxygen atoms in total. The highest BCUT2D eigenvalue weighted by atomic mass is 16.5. The predicted molar refractivity (Wildman–Crippen MR) is 98.6 cm³/mol. The molecule has 1 N–H and O–H groups in total. The zero-order valence-corrected chi connectivity index (χ0v) is 14.2. The molecule has 1 atom stereocenters. The van der Waals surface area contributed by atoms with Gasteiger partial charge in [0.15, 0.2) is 6.10 Å². The van der Waals surface area contributed by atoms with Crippen LogP contribution < -0.4 is 10.1 Å². The summed E-state index contributed by atoms with van der Waals surface area (Å²) in [6.45, 7) is 5.75. The Labute approximate surface area is 142 Å². The quantitative estimate of drug-likeness (QED) is 0.745. The number of hydrogen-bond acceptors (Lipinski definition) is 2. The SMILES string of the molecule is Cc1ccc(C)c(OC(C)C(=O)Nc2cccc3ccccc23)c1. The molecule has 0 saturated carbocycles. The van der Waals surface area contributed by atoms with Gasteiger partial charge in [-0.1, -0.05) is 48.5 Å². The van der Waals surface area contributed by atoms with Gasteiger partial charge >= 0.3 is 0 Å². The topological polar surface area (TPSA) is 38.3 Å². The molecule has 0 aromatic heterocycles. The molecule has 0 radical (unpaired) electrons.